The van der Waals surface area contributed by atoms with Gasteiger partial charge in [0, 0.05) is 12.2 Å². The van der Waals surface area contributed by atoms with Crippen LogP contribution in [0, 0.1) is 11.8 Å². The zero-order chi connectivity index (χ0) is 20.7. The van der Waals surface area contributed by atoms with Gasteiger partial charge >= 0.3 is 12.0 Å². The molecule has 0 saturated heterocycles. The monoisotopic (exact) mass is 409 g/mol. The number of rotatable bonds is 6. The molecule has 10 heteroatoms. The van der Waals surface area contributed by atoms with Crippen molar-refractivity contribution in [3.8, 4) is 0 Å². The van der Waals surface area contributed by atoms with Crippen LogP contribution in [0.2, 0.25) is 0 Å². The van der Waals surface area contributed by atoms with Crippen LogP contribution >= 0.6 is 11.8 Å². The van der Waals surface area contributed by atoms with Gasteiger partial charge < -0.3 is 15.8 Å². The van der Waals surface area contributed by atoms with Gasteiger partial charge in [-0.25, -0.2) is 19.6 Å². The number of aromatic nitrogens is 2. The lowest BCUT2D eigenvalue weighted by Gasteiger charge is -2.34. The van der Waals surface area contributed by atoms with Crippen molar-refractivity contribution in [1.29, 1.82) is 0 Å². The van der Waals surface area contributed by atoms with Crippen molar-refractivity contribution in [3.05, 3.63) is 11.8 Å². The van der Waals surface area contributed by atoms with Crippen LogP contribution < -0.4 is 16.4 Å². The number of amides is 3. The Hall–Kier alpha value is -2.36. The molecule has 0 spiro atoms. The average molecular weight is 410 g/mol. The van der Waals surface area contributed by atoms with Crippen molar-refractivity contribution in [2.45, 2.75) is 51.2 Å². The van der Waals surface area contributed by atoms with Gasteiger partial charge in [-0.3, -0.25) is 10.1 Å². The third-order valence-corrected chi connectivity index (χ3v) is 5.76. The minimum Gasteiger partial charge on any atom is -0.462 e. The van der Waals surface area contributed by atoms with Crippen LogP contribution in [0.5, 0.6) is 0 Å². The van der Waals surface area contributed by atoms with Crippen LogP contribution in [0.15, 0.2) is 11.4 Å². The van der Waals surface area contributed by atoms with Crippen molar-refractivity contribution >= 4 is 35.5 Å². The predicted octanol–water partition coefficient (Wildman–Crippen LogP) is 1.98. The second-order valence-corrected chi connectivity index (χ2v) is 7.80. The SMILES string of the molecule is CCOC(=O)c1cnc(SCC(=O)NC(=O)N[C@@H]2CCC[C@@H](C)[C@H]2C)nc1N. The van der Waals surface area contributed by atoms with Gasteiger partial charge in [0.1, 0.15) is 11.4 Å². The Balaban J connectivity index is 1.81. The zero-order valence-electron chi connectivity index (χ0n) is 16.4. The highest BCUT2D eigenvalue weighted by molar-refractivity contribution is 7.99. The van der Waals surface area contributed by atoms with Crippen LogP contribution in [0.4, 0.5) is 10.6 Å². The van der Waals surface area contributed by atoms with Crippen molar-refractivity contribution in [2.75, 3.05) is 18.1 Å². The molecule has 3 amide bonds. The summed E-state index contributed by atoms with van der Waals surface area (Å²) in [4.78, 5) is 43.7. The molecule has 3 atom stereocenters. The number of ether oxygens (including phenoxy) is 1. The van der Waals surface area contributed by atoms with Crippen LogP contribution in [0.3, 0.4) is 0 Å². The molecule has 1 aromatic rings. The van der Waals surface area contributed by atoms with Gasteiger partial charge in [-0.2, -0.15) is 0 Å². The smallest absolute Gasteiger partial charge is 0.343 e. The third kappa shape index (κ3) is 6.08. The topological polar surface area (TPSA) is 136 Å². The molecule has 0 aliphatic heterocycles. The molecule has 2 rings (SSSR count). The normalized spacial score (nSPS) is 21.6. The van der Waals surface area contributed by atoms with Gasteiger partial charge in [-0.15, -0.1) is 0 Å². The summed E-state index contributed by atoms with van der Waals surface area (Å²) in [6.07, 6.45) is 4.41. The number of carbonyl (C=O) groups excluding carboxylic acids is 3. The quantitative estimate of drug-likeness (QED) is 0.368. The number of hydrogen-bond donors (Lipinski definition) is 3. The molecule has 1 heterocycles. The van der Waals surface area contributed by atoms with E-state index in [2.05, 4.69) is 34.4 Å². The predicted molar refractivity (Wildman–Crippen MR) is 106 cm³/mol. The molecule has 154 valence electrons. The van der Waals surface area contributed by atoms with Gasteiger partial charge in [0.05, 0.1) is 12.4 Å². The molecule has 0 bridgehead atoms. The number of urea groups is 1. The Morgan fingerprint density at radius 2 is 2.07 bits per heavy atom. The summed E-state index contributed by atoms with van der Waals surface area (Å²) in [5.41, 5.74) is 5.81. The van der Waals surface area contributed by atoms with Gasteiger partial charge in [0.15, 0.2) is 5.16 Å². The maximum absolute atomic E-state index is 12.1. The van der Waals surface area contributed by atoms with Gasteiger partial charge in [-0.05, 0) is 25.2 Å². The number of anilines is 1. The Labute approximate surface area is 168 Å². The van der Waals surface area contributed by atoms with E-state index in [-0.39, 0.29) is 34.9 Å². The van der Waals surface area contributed by atoms with Crippen molar-refractivity contribution < 1.29 is 19.1 Å². The average Bonchev–Trinajstić information content (AvgIpc) is 2.64. The minimum absolute atomic E-state index is 0.0190. The molecule has 28 heavy (non-hydrogen) atoms. The first-order chi connectivity index (χ1) is 13.3. The van der Waals surface area contributed by atoms with E-state index in [1.807, 2.05) is 0 Å². The standard InChI is InChI=1S/C18H27N5O4S/c1-4-27-16(25)12-8-20-18(23-15(12)19)28-9-14(24)22-17(26)21-13-7-5-6-10(2)11(13)3/h8,10-11,13H,4-7,9H2,1-3H3,(H2,19,20,23)(H2,21,22,24,26)/t10-,11-,13-/m1/s1. The first-order valence-electron chi connectivity index (χ1n) is 9.34. The summed E-state index contributed by atoms with van der Waals surface area (Å²) >= 11 is 1.02. The zero-order valence-corrected chi connectivity index (χ0v) is 17.2. The van der Waals surface area contributed by atoms with Crippen molar-refractivity contribution in [1.82, 2.24) is 20.6 Å². The number of thioether (sulfide) groups is 1. The third-order valence-electron chi connectivity index (χ3n) is 4.90. The summed E-state index contributed by atoms with van der Waals surface area (Å²) in [5.74, 6) is -0.214. The Kier molecular flexibility index (Phi) is 8.04. The van der Waals surface area contributed by atoms with Gasteiger partial charge in [-0.1, -0.05) is 38.5 Å². The molecule has 0 unspecified atom stereocenters. The first kappa shape index (κ1) is 21.9. The molecule has 1 saturated carbocycles. The highest BCUT2D eigenvalue weighted by Gasteiger charge is 2.28. The van der Waals surface area contributed by atoms with Crippen LogP contribution in [-0.4, -0.2) is 46.3 Å². The molecule has 1 fully saturated rings. The molecule has 1 aliphatic rings. The summed E-state index contributed by atoms with van der Waals surface area (Å²) in [6.45, 7) is 6.20. The van der Waals surface area contributed by atoms with Crippen LogP contribution in [0.1, 0.15) is 50.4 Å². The largest absolute Gasteiger partial charge is 0.462 e. The molecule has 1 aromatic heterocycles. The highest BCUT2D eigenvalue weighted by atomic mass is 32.2. The Bertz CT molecular complexity index is 730. The van der Waals surface area contributed by atoms with Crippen LogP contribution in [0.25, 0.3) is 0 Å². The lowest BCUT2D eigenvalue weighted by molar-refractivity contribution is -0.117. The number of hydrogen-bond acceptors (Lipinski definition) is 8. The molecule has 1 aliphatic carbocycles. The van der Waals surface area contributed by atoms with E-state index in [1.54, 1.807) is 6.92 Å². The lowest BCUT2D eigenvalue weighted by Crippen LogP contribution is -2.49. The van der Waals surface area contributed by atoms with E-state index in [1.165, 1.54) is 6.20 Å². The summed E-state index contributed by atoms with van der Waals surface area (Å²) in [5, 5.41) is 5.44. The summed E-state index contributed by atoms with van der Waals surface area (Å²) in [7, 11) is 0. The van der Waals surface area contributed by atoms with Crippen LogP contribution in [-0.2, 0) is 9.53 Å². The number of nitrogens with one attached hydrogen (secondary N) is 2. The molecular formula is C18H27N5O4S. The first-order valence-corrected chi connectivity index (χ1v) is 10.3. The fourth-order valence-corrected chi connectivity index (χ4v) is 3.72. The van der Waals surface area contributed by atoms with E-state index in [0.29, 0.717) is 11.8 Å². The van der Waals surface area contributed by atoms with Gasteiger partial charge in [0.25, 0.3) is 0 Å². The molecule has 0 aromatic carbocycles. The number of nitrogen functional groups attached to an aromatic ring is 1. The van der Waals surface area contributed by atoms with E-state index in [4.69, 9.17) is 10.5 Å². The number of imide groups is 1. The van der Waals surface area contributed by atoms with Crippen molar-refractivity contribution in [2.24, 2.45) is 11.8 Å². The second-order valence-electron chi connectivity index (χ2n) is 6.86. The molecular weight excluding hydrogens is 382 g/mol. The fourth-order valence-electron chi connectivity index (χ4n) is 3.10. The Morgan fingerprint density at radius 3 is 2.75 bits per heavy atom. The lowest BCUT2D eigenvalue weighted by atomic mass is 9.78. The van der Waals surface area contributed by atoms with Gasteiger partial charge in [0.2, 0.25) is 5.91 Å². The molecule has 0 radical (unpaired) electrons. The van der Waals surface area contributed by atoms with Crippen molar-refractivity contribution in [3.63, 3.8) is 0 Å². The second kappa shape index (κ2) is 10.3. The van der Waals surface area contributed by atoms with E-state index in [9.17, 15) is 14.4 Å². The maximum atomic E-state index is 12.1. The van der Waals surface area contributed by atoms with E-state index in [0.717, 1.165) is 31.0 Å². The maximum Gasteiger partial charge on any atom is 0.343 e. The summed E-state index contributed by atoms with van der Waals surface area (Å²) < 4.78 is 4.85. The number of nitrogens with zero attached hydrogens (tertiary/aromatic N) is 2. The fraction of sp³-hybridized carbons (Fsp3) is 0.611. The molecule has 9 nitrogen and oxygen atoms in total. The van der Waals surface area contributed by atoms with E-state index < -0.39 is 17.9 Å². The van der Waals surface area contributed by atoms with E-state index >= 15 is 0 Å². The number of nitrogens with two attached hydrogens (primary N) is 1. The highest BCUT2D eigenvalue weighted by Crippen LogP contribution is 2.29. The Morgan fingerprint density at radius 1 is 1.32 bits per heavy atom. The number of carbonyl (C=O) groups is 3. The minimum atomic E-state index is -0.600. The number of esters is 1. The summed E-state index contributed by atoms with van der Waals surface area (Å²) in [6, 6.07) is -0.419. The molecule has 4 N–H and O–H groups in total.